The third-order valence-electron chi connectivity index (χ3n) is 2.43. The quantitative estimate of drug-likeness (QED) is 0.869. The number of aryl methyl sites for hydroxylation is 1. The first-order valence-corrected chi connectivity index (χ1v) is 6.74. The lowest BCUT2D eigenvalue weighted by atomic mass is 10.2. The van der Waals surface area contributed by atoms with Gasteiger partial charge in [0, 0.05) is 18.9 Å². The standard InChI is InChI=1S/C12H14N2O2S/c1-10-3-2-4-12(7-10)17(15,16)14-9-11-5-6-13-8-11/h2-8,13-14H,9H2,1H3. The van der Waals surface area contributed by atoms with E-state index in [-0.39, 0.29) is 0 Å². The Morgan fingerprint density at radius 1 is 1.29 bits per heavy atom. The number of hydrogen-bond acceptors (Lipinski definition) is 2. The minimum atomic E-state index is -3.42. The Morgan fingerprint density at radius 3 is 2.76 bits per heavy atom. The molecule has 2 aromatic rings. The van der Waals surface area contributed by atoms with Crippen molar-refractivity contribution < 1.29 is 8.42 Å². The maximum atomic E-state index is 12.0. The zero-order valence-electron chi connectivity index (χ0n) is 9.47. The molecule has 0 amide bonds. The number of aromatic nitrogens is 1. The Morgan fingerprint density at radius 2 is 2.12 bits per heavy atom. The maximum Gasteiger partial charge on any atom is 0.240 e. The molecule has 0 aliphatic rings. The van der Waals surface area contributed by atoms with E-state index in [0.717, 1.165) is 11.1 Å². The van der Waals surface area contributed by atoms with Crippen molar-refractivity contribution in [2.45, 2.75) is 18.4 Å². The van der Waals surface area contributed by atoms with Crippen LogP contribution in [-0.4, -0.2) is 13.4 Å². The third kappa shape index (κ3) is 2.95. The molecule has 0 unspecified atom stereocenters. The fourth-order valence-corrected chi connectivity index (χ4v) is 2.63. The Labute approximate surface area is 101 Å². The first kappa shape index (κ1) is 11.9. The van der Waals surface area contributed by atoms with Crippen molar-refractivity contribution in [2.75, 3.05) is 0 Å². The topological polar surface area (TPSA) is 62.0 Å². The van der Waals surface area contributed by atoms with E-state index in [0.29, 0.717) is 11.4 Å². The summed E-state index contributed by atoms with van der Waals surface area (Å²) in [5.74, 6) is 0. The molecular weight excluding hydrogens is 236 g/mol. The van der Waals surface area contributed by atoms with Gasteiger partial charge in [0.1, 0.15) is 0 Å². The summed E-state index contributed by atoms with van der Waals surface area (Å²) in [6.45, 7) is 2.16. The monoisotopic (exact) mass is 250 g/mol. The normalized spacial score (nSPS) is 11.6. The van der Waals surface area contributed by atoms with Crippen molar-refractivity contribution in [1.29, 1.82) is 0 Å². The molecule has 0 spiro atoms. The predicted octanol–water partition coefficient (Wildman–Crippen LogP) is 1.80. The summed E-state index contributed by atoms with van der Waals surface area (Å²) in [4.78, 5) is 3.18. The molecule has 5 heteroatoms. The molecule has 0 aliphatic carbocycles. The highest BCUT2D eigenvalue weighted by molar-refractivity contribution is 7.89. The molecule has 2 rings (SSSR count). The van der Waals surface area contributed by atoms with Gasteiger partial charge in [0.25, 0.3) is 0 Å². The lowest BCUT2D eigenvalue weighted by Crippen LogP contribution is -2.23. The SMILES string of the molecule is Cc1cccc(S(=O)(=O)NCc2cc[nH]c2)c1. The van der Waals surface area contributed by atoms with Crippen LogP contribution in [0.1, 0.15) is 11.1 Å². The number of nitrogens with one attached hydrogen (secondary N) is 2. The van der Waals surface area contributed by atoms with Crippen LogP contribution in [0.25, 0.3) is 0 Å². The van der Waals surface area contributed by atoms with E-state index in [1.54, 1.807) is 30.6 Å². The number of benzene rings is 1. The highest BCUT2D eigenvalue weighted by Gasteiger charge is 2.13. The van der Waals surface area contributed by atoms with Crippen molar-refractivity contribution in [1.82, 2.24) is 9.71 Å². The second-order valence-electron chi connectivity index (χ2n) is 3.86. The zero-order chi connectivity index (χ0) is 12.3. The van der Waals surface area contributed by atoms with E-state index in [2.05, 4.69) is 9.71 Å². The molecule has 0 aliphatic heterocycles. The molecule has 0 fully saturated rings. The second-order valence-corrected chi connectivity index (χ2v) is 5.63. The summed E-state index contributed by atoms with van der Waals surface area (Å²) in [5.41, 5.74) is 1.83. The van der Waals surface area contributed by atoms with E-state index in [1.165, 1.54) is 0 Å². The second kappa shape index (κ2) is 4.73. The summed E-state index contributed by atoms with van der Waals surface area (Å²) in [6, 6.07) is 8.68. The van der Waals surface area contributed by atoms with Crippen LogP contribution in [0.5, 0.6) is 0 Å². The highest BCUT2D eigenvalue weighted by atomic mass is 32.2. The molecule has 0 saturated heterocycles. The summed E-state index contributed by atoms with van der Waals surface area (Å²) >= 11 is 0. The summed E-state index contributed by atoms with van der Waals surface area (Å²) in [5, 5.41) is 0. The summed E-state index contributed by atoms with van der Waals surface area (Å²) in [6.07, 6.45) is 3.52. The van der Waals surface area contributed by atoms with Gasteiger partial charge >= 0.3 is 0 Å². The lowest BCUT2D eigenvalue weighted by molar-refractivity contribution is 0.581. The van der Waals surface area contributed by atoms with Gasteiger partial charge in [0.2, 0.25) is 10.0 Å². The molecule has 1 heterocycles. The van der Waals surface area contributed by atoms with Crippen molar-refractivity contribution in [3.8, 4) is 0 Å². The van der Waals surface area contributed by atoms with Crippen molar-refractivity contribution in [2.24, 2.45) is 0 Å². The van der Waals surface area contributed by atoms with Gasteiger partial charge in [-0.05, 0) is 36.2 Å². The van der Waals surface area contributed by atoms with Crippen LogP contribution in [0.2, 0.25) is 0 Å². The maximum absolute atomic E-state index is 12.0. The van der Waals surface area contributed by atoms with E-state index in [1.807, 2.05) is 19.1 Å². The molecule has 90 valence electrons. The molecule has 4 nitrogen and oxygen atoms in total. The van der Waals surface area contributed by atoms with Crippen LogP contribution >= 0.6 is 0 Å². The largest absolute Gasteiger partial charge is 0.367 e. The predicted molar refractivity (Wildman–Crippen MR) is 66.0 cm³/mol. The van der Waals surface area contributed by atoms with Crippen molar-refractivity contribution in [3.63, 3.8) is 0 Å². The number of sulfonamides is 1. The molecule has 1 aromatic carbocycles. The number of aromatic amines is 1. The molecule has 0 radical (unpaired) electrons. The minimum Gasteiger partial charge on any atom is -0.367 e. The number of H-pyrrole nitrogens is 1. The average molecular weight is 250 g/mol. The van der Waals surface area contributed by atoms with Gasteiger partial charge in [-0.25, -0.2) is 13.1 Å². The molecule has 0 bridgehead atoms. The minimum absolute atomic E-state index is 0.291. The average Bonchev–Trinajstić information content (AvgIpc) is 2.79. The Kier molecular flexibility index (Phi) is 3.31. The summed E-state index contributed by atoms with van der Waals surface area (Å²) < 4.78 is 26.5. The van der Waals surface area contributed by atoms with Crippen LogP contribution in [0.4, 0.5) is 0 Å². The van der Waals surface area contributed by atoms with Crippen LogP contribution in [-0.2, 0) is 16.6 Å². The lowest BCUT2D eigenvalue weighted by Gasteiger charge is -2.06. The Balaban J connectivity index is 2.14. The van der Waals surface area contributed by atoms with Crippen LogP contribution in [0, 0.1) is 6.92 Å². The van der Waals surface area contributed by atoms with Crippen LogP contribution in [0.15, 0.2) is 47.6 Å². The fraction of sp³-hybridized carbons (Fsp3) is 0.167. The van der Waals surface area contributed by atoms with E-state index in [4.69, 9.17) is 0 Å². The van der Waals surface area contributed by atoms with Crippen LogP contribution < -0.4 is 4.72 Å². The fourth-order valence-electron chi connectivity index (χ4n) is 1.51. The van der Waals surface area contributed by atoms with Crippen LogP contribution in [0.3, 0.4) is 0 Å². The number of rotatable bonds is 4. The Bertz CT molecular complexity index is 589. The van der Waals surface area contributed by atoms with E-state index >= 15 is 0 Å². The van der Waals surface area contributed by atoms with Gasteiger partial charge in [0.05, 0.1) is 4.90 Å². The molecule has 0 atom stereocenters. The van der Waals surface area contributed by atoms with E-state index < -0.39 is 10.0 Å². The zero-order valence-corrected chi connectivity index (χ0v) is 10.3. The van der Waals surface area contributed by atoms with Crippen molar-refractivity contribution in [3.05, 3.63) is 53.9 Å². The van der Waals surface area contributed by atoms with Gasteiger partial charge in [-0.15, -0.1) is 0 Å². The van der Waals surface area contributed by atoms with Gasteiger partial charge in [-0.2, -0.15) is 0 Å². The number of hydrogen-bond donors (Lipinski definition) is 2. The van der Waals surface area contributed by atoms with Gasteiger partial charge in [-0.1, -0.05) is 12.1 Å². The highest BCUT2D eigenvalue weighted by Crippen LogP contribution is 2.11. The van der Waals surface area contributed by atoms with Gasteiger partial charge in [0.15, 0.2) is 0 Å². The molecule has 17 heavy (non-hydrogen) atoms. The smallest absolute Gasteiger partial charge is 0.240 e. The Hall–Kier alpha value is -1.59. The third-order valence-corrected chi connectivity index (χ3v) is 3.83. The molecule has 1 aromatic heterocycles. The van der Waals surface area contributed by atoms with Gasteiger partial charge < -0.3 is 4.98 Å². The molecule has 0 saturated carbocycles. The van der Waals surface area contributed by atoms with E-state index in [9.17, 15) is 8.42 Å². The molecule has 2 N–H and O–H groups in total. The first-order valence-electron chi connectivity index (χ1n) is 5.26. The molecular formula is C12H14N2O2S. The summed E-state index contributed by atoms with van der Waals surface area (Å²) in [7, 11) is -3.42. The first-order chi connectivity index (χ1) is 8.08. The van der Waals surface area contributed by atoms with Crippen molar-refractivity contribution >= 4 is 10.0 Å². The van der Waals surface area contributed by atoms with Gasteiger partial charge in [-0.3, -0.25) is 0 Å².